The van der Waals surface area contributed by atoms with E-state index in [1.165, 1.54) is 16.5 Å². The largest absolute Gasteiger partial charge is 0.474 e. The van der Waals surface area contributed by atoms with Gasteiger partial charge in [-0.25, -0.2) is 9.48 Å². The van der Waals surface area contributed by atoms with E-state index < -0.39 is 12.1 Å². The van der Waals surface area contributed by atoms with Gasteiger partial charge in [-0.15, -0.1) is 5.10 Å². The van der Waals surface area contributed by atoms with Gasteiger partial charge in [0.15, 0.2) is 0 Å². The second-order valence-corrected chi connectivity index (χ2v) is 7.90. The summed E-state index contributed by atoms with van der Waals surface area (Å²) in [4.78, 5) is 27.1. The summed E-state index contributed by atoms with van der Waals surface area (Å²) in [5.41, 5.74) is 3.82. The molecule has 1 aromatic heterocycles. The molecular formula is C22H26N4O4. The number of rotatable bonds is 3. The Morgan fingerprint density at radius 3 is 2.63 bits per heavy atom. The lowest BCUT2D eigenvalue weighted by molar-refractivity contribution is -0.127. The molecule has 8 heteroatoms. The number of amides is 2. The number of carboxylic acid groups (broad SMARTS) is 1. The van der Waals surface area contributed by atoms with Crippen molar-refractivity contribution >= 4 is 12.0 Å². The standard InChI is InChI=1S/C22H26N4O4/c1-4-19(27)24-11-12-30-21-20-17(9-10-25(22(28)29)18(20)13-24)26(23-21)16-7-5-15(6-8-16)14(2)3/h4-8,14,18H,1,9-13H2,2-3H3,(H,28,29). The molecule has 4 rings (SSSR count). The fourth-order valence-corrected chi connectivity index (χ4v) is 4.18. The van der Waals surface area contributed by atoms with Gasteiger partial charge >= 0.3 is 6.09 Å². The molecular weight excluding hydrogens is 384 g/mol. The molecule has 1 atom stereocenters. The van der Waals surface area contributed by atoms with Gasteiger partial charge in [0.25, 0.3) is 0 Å². The Labute approximate surface area is 175 Å². The molecule has 0 radical (unpaired) electrons. The molecule has 0 fully saturated rings. The van der Waals surface area contributed by atoms with Crippen LogP contribution in [0.4, 0.5) is 4.79 Å². The van der Waals surface area contributed by atoms with Crippen LogP contribution in [0.3, 0.4) is 0 Å². The van der Waals surface area contributed by atoms with Gasteiger partial charge in [-0.3, -0.25) is 9.69 Å². The first-order chi connectivity index (χ1) is 14.4. The molecule has 0 saturated carbocycles. The highest BCUT2D eigenvalue weighted by atomic mass is 16.5. The third kappa shape index (κ3) is 3.42. The van der Waals surface area contributed by atoms with Crippen molar-refractivity contribution in [3.63, 3.8) is 0 Å². The first kappa shape index (κ1) is 20.0. The molecule has 3 heterocycles. The predicted molar refractivity (Wildman–Crippen MR) is 111 cm³/mol. The molecule has 0 bridgehead atoms. The highest BCUT2D eigenvalue weighted by molar-refractivity contribution is 5.87. The van der Waals surface area contributed by atoms with E-state index in [1.54, 1.807) is 4.90 Å². The van der Waals surface area contributed by atoms with Gasteiger partial charge in [0, 0.05) is 19.5 Å². The highest BCUT2D eigenvalue weighted by Gasteiger charge is 2.40. The Balaban J connectivity index is 1.79. The SMILES string of the molecule is C=CC(=O)N1CCOc2nn(-c3ccc(C(C)C)cc3)c3c2C(C1)N(C(=O)O)CC3. The number of hydrogen-bond donors (Lipinski definition) is 1. The van der Waals surface area contributed by atoms with Crippen LogP contribution in [0, 0.1) is 0 Å². The molecule has 8 nitrogen and oxygen atoms in total. The number of carbonyl (C=O) groups is 2. The van der Waals surface area contributed by atoms with Gasteiger partial charge in [0.1, 0.15) is 6.61 Å². The van der Waals surface area contributed by atoms with E-state index in [0.29, 0.717) is 31.3 Å². The van der Waals surface area contributed by atoms with E-state index in [9.17, 15) is 14.7 Å². The van der Waals surface area contributed by atoms with Crippen LogP contribution in [-0.2, 0) is 11.2 Å². The number of nitrogens with zero attached hydrogens (tertiary/aromatic N) is 4. The normalized spacial score (nSPS) is 18.3. The summed E-state index contributed by atoms with van der Waals surface area (Å²) in [7, 11) is 0. The molecule has 158 valence electrons. The molecule has 1 N–H and O–H groups in total. The van der Waals surface area contributed by atoms with Gasteiger partial charge < -0.3 is 14.7 Å². The van der Waals surface area contributed by atoms with Gasteiger partial charge in [-0.1, -0.05) is 32.6 Å². The van der Waals surface area contributed by atoms with Crippen molar-refractivity contribution in [3.05, 3.63) is 53.7 Å². The van der Waals surface area contributed by atoms with Crippen molar-refractivity contribution in [1.82, 2.24) is 19.6 Å². The van der Waals surface area contributed by atoms with Gasteiger partial charge in [-0.05, 0) is 29.7 Å². The molecule has 2 aromatic rings. The Bertz CT molecular complexity index is 980. The fourth-order valence-electron chi connectivity index (χ4n) is 4.18. The highest BCUT2D eigenvalue weighted by Crippen LogP contribution is 2.39. The van der Waals surface area contributed by atoms with Crippen molar-refractivity contribution in [1.29, 1.82) is 0 Å². The quantitative estimate of drug-likeness (QED) is 0.786. The molecule has 1 aromatic carbocycles. The zero-order chi connectivity index (χ0) is 21.4. The lowest BCUT2D eigenvalue weighted by atomic mass is 9.97. The van der Waals surface area contributed by atoms with Crippen LogP contribution in [0.25, 0.3) is 5.69 Å². The van der Waals surface area contributed by atoms with Crippen molar-refractivity contribution in [3.8, 4) is 11.6 Å². The molecule has 2 aliphatic heterocycles. The molecule has 2 amide bonds. The average Bonchev–Trinajstić information content (AvgIpc) is 3.09. The Kier molecular flexibility index (Phi) is 5.24. The maximum absolute atomic E-state index is 12.3. The number of carbonyl (C=O) groups excluding carboxylic acids is 1. The Morgan fingerprint density at radius 1 is 1.27 bits per heavy atom. The van der Waals surface area contributed by atoms with E-state index in [-0.39, 0.29) is 19.1 Å². The first-order valence-corrected chi connectivity index (χ1v) is 10.2. The number of ether oxygens (including phenoxy) is 1. The van der Waals surface area contributed by atoms with Gasteiger partial charge in [-0.2, -0.15) is 0 Å². The number of hydrogen-bond acceptors (Lipinski definition) is 4. The summed E-state index contributed by atoms with van der Waals surface area (Å²) in [6.07, 6.45) is 0.754. The van der Waals surface area contributed by atoms with E-state index >= 15 is 0 Å². The van der Waals surface area contributed by atoms with Crippen LogP contribution in [-0.4, -0.2) is 62.9 Å². The lowest BCUT2D eigenvalue weighted by Gasteiger charge is -2.38. The van der Waals surface area contributed by atoms with E-state index in [4.69, 9.17) is 9.84 Å². The minimum absolute atomic E-state index is 0.240. The third-order valence-corrected chi connectivity index (χ3v) is 5.82. The summed E-state index contributed by atoms with van der Waals surface area (Å²) >= 11 is 0. The molecule has 0 saturated heterocycles. The first-order valence-electron chi connectivity index (χ1n) is 10.2. The molecule has 30 heavy (non-hydrogen) atoms. The molecule has 2 aliphatic rings. The second-order valence-electron chi connectivity index (χ2n) is 7.90. The van der Waals surface area contributed by atoms with Crippen LogP contribution in [0.2, 0.25) is 0 Å². The number of aromatic nitrogens is 2. The average molecular weight is 410 g/mol. The number of benzene rings is 1. The van der Waals surface area contributed by atoms with E-state index in [2.05, 4.69) is 32.6 Å². The van der Waals surface area contributed by atoms with Crippen LogP contribution in [0.15, 0.2) is 36.9 Å². The molecule has 0 spiro atoms. The lowest BCUT2D eigenvalue weighted by Crippen LogP contribution is -2.47. The Morgan fingerprint density at radius 2 is 2.00 bits per heavy atom. The third-order valence-electron chi connectivity index (χ3n) is 5.82. The summed E-state index contributed by atoms with van der Waals surface area (Å²) in [6.45, 7) is 9.06. The summed E-state index contributed by atoms with van der Waals surface area (Å²) in [5, 5.41) is 14.5. The maximum Gasteiger partial charge on any atom is 0.407 e. The minimum atomic E-state index is -1.02. The van der Waals surface area contributed by atoms with Crippen LogP contribution >= 0.6 is 0 Å². The van der Waals surface area contributed by atoms with Crippen LogP contribution < -0.4 is 4.74 Å². The molecule has 1 unspecified atom stereocenters. The summed E-state index contributed by atoms with van der Waals surface area (Å²) in [6, 6.07) is 7.69. The second kappa shape index (κ2) is 7.85. The minimum Gasteiger partial charge on any atom is -0.474 e. The van der Waals surface area contributed by atoms with Crippen molar-refractivity contribution in [2.75, 3.05) is 26.2 Å². The maximum atomic E-state index is 12.3. The van der Waals surface area contributed by atoms with E-state index in [1.807, 2.05) is 16.8 Å². The fraction of sp³-hybridized carbons (Fsp3) is 0.409. The predicted octanol–water partition coefficient (Wildman–Crippen LogP) is 2.98. The smallest absolute Gasteiger partial charge is 0.407 e. The van der Waals surface area contributed by atoms with Gasteiger partial charge in [0.2, 0.25) is 11.8 Å². The topological polar surface area (TPSA) is 87.9 Å². The Hall–Kier alpha value is -3.29. The summed E-state index contributed by atoms with van der Waals surface area (Å²) in [5.74, 6) is 0.635. The zero-order valence-electron chi connectivity index (χ0n) is 17.2. The van der Waals surface area contributed by atoms with Crippen molar-refractivity contribution < 1.29 is 19.4 Å². The molecule has 0 aliphatic carbocycles. The zero-order valence-corrected chi connectivity index (χ0v) is 17.2. The van der Waals surface area contributed by atoms with E-state index in [0.717, 1.165) is 16.9 Å². The van der Waals surface area contributed by atoms with Crippen LogP contribution in [0.1, 0.15) is 42.6 Å². The monoisotopic (exact) mass is 410 g/mol. The van der Waals surface area contributed by atoms with Crippen molar-refractivity contribution in [2.45, 2.75) is 32.2 Å². The van der Waals surface area contributed by atoms with Crippen LogP contribution in [0.5, 0.6) is 5.88 Å². The summed E-state index contributed by atoms with van der Waals surface area (Å²) < 4.78 is 7.77. The van der Waals surface area contributed by atoms with Gasteiger partial charge in [0.05, 0.1) is 29.5 Å². The van der Waals surface area contributed by atoms with Crippen molar-refractivity contribution in [2.24, 2.45) is 0 Å².